The van der Waals surface area contributed by atoms with Crippen molar-refractivity contribution in [3.63, 3.8) is 0 Å². The van der Waals surface area contributed by atoms with Gasteiger partial charge in [-0.15, -0.1) is 0 Å². The molecule has 1 N–H and O–H groups in total. The number of thiazole rings is 1. The van der Waals surface area contributed by atoms with E-state index >= 15 is 0 Å². The Morgan fingerprint density at radius 3 is 2.55 bits per heavy atom. The van der Waals surface area contributed by atoms with Crippen molar-refractivity contribution in [1.29, 1.82) is 0 Å². The highest BCUT2D eigenvalue weighted by molar-refractivity contribution is 7.07. The van der Waals surface area contributed by atoms with Crippen LogP contribution in [0.3, 0.4) is 0 Å². The summed E-state index contributed by atoms with van der Waals surface area (Å²) in [4.78, 5) is 42.5. The van der Waals surface area contributed by atoms with Gasteiger partial charge in [-0.1, -0.05) is 46.7 Å². The van der Waals surface area contributed by atoms with Gasteiger partial charge in [0, 0.05) is 0 Å². The van der Waals surface area contributed by atoms with Crippen LogP contribution in [0, 0.1) is 0 Å². The van der Waals surface area contributed by atoms with Crippen LogP contribution in [-0.4, -0.2) is 41.9 Å². The molecule has 198 valence electrons. The van der Waals surface area contributed by atoms with Crippen LogP contribution in [-0.2, 0) is 14.3 Å². The van der Waals surface area contributed by atoms with E-state index in [1.807, 2.05) is 0 Å². The van der Waals surface area contributed by atoms with Gasteiger partial charge in [0.15, 0.2) is 17.2 Å². The summed E-state index contributed by atoms with van der Waals surface area (Å²) in [5.74, 6) is -1.14. The molecular formula is C26H22Cl2N2O7S. The van der Waals surface area contributed by atoms with Gasteiger partial charge in [-0.05, 0) is 55.3 Å². The Bertz CT molecular complexity index is 1620. The molecule has 0 spiro atoms. The Morgan fingerprint density at radius 2 is 1.92 bits per heavy atom. The maximum absolute atomic E-state index is 13.7. The van der Waals surface area contributed by atoms with Crippen molar-refractivity contribution in [2.75, 3.05) is 20.3 Å². The first kappa shape index (κ1) is 27.4. The molecule has 0 fully saturated rings. The quantitative estimate of drug-likeness (QED) is 0.407. The molecule has 1 aliphatic rings. The molecule has 12 heteroatoms. The van der Waals surface area contributed by atoms with Crippen molar-refractivity contribution >= 4 is 52.6 Å². The Kier molecular flexibility index (Phi) is 8.25. The summed E-state index contributed by atoms with van der Waals surface area (Å²) in [6.07, 6.45) is 1.59. The maximum atomic E-state index is 13.7. The predicted molar refractivity (Wildman–Crippen MR) is 143 cm³/mol. The lowest BCUT2D eigenvalue weighted by Gasteiger charge is -2.25. The average molecular weight is 577 g/mol. The average Bonchev–Trinajstić information content (AvgIpc) is 3.16. The number of rotatable bonds is 8. The number of allylic oxidation sites excluding steroid dienone is 1. The molecular weight excluding hydrogens is 555 g/mol. The van der Waals surface area contributed by atoms with Gasteiger partial charge in [-0.2, -0.15) is 0 Å². The van der Waals surface area contributed by atoms with Crippen molar-refractivity contribution in [2.45, 2.75) is 19.9 Å². The van der Waals surface area contributed by atoms with Gasteiger partial charge in [-0.25, -0.2) is 14.6 Å². The summed E-state index contributed by atoms with van der Waals surface area (Å²) >= 11 is 13.7. The predicted octanol–water partition coefficient (Wildman–Crippen LogP) is 3.58. The second-order valence-electron chi connectivity index (χ2n) is 8.07. The molecule has 1 aromatic heterocycles. The number of hydrogen-bond donors (Lipinski definition) is 1. The first-order valence-corrected chi connectivity index (χ1v) is 12.9. The lowest BCUT2D eigenvalue weighted by Crippen LogP contribution is -2.39. The largest absolute Gasteiger partial charge is 0.497 e. The molecule has 0 bridgehead atoms. The molecule has 38 heavy (non-hydrogen) atoms. The molecule has 1 aliphatic heterocycles. The molecule has 0 saturated carbocycles. The number of ether oxygens (including phenoxy) is 3. The van der Waals surface area contributed by atoms with Gasteiger partial charge in [0.25, 0.3) is 5.56 Å². The number of carboxylic acid groups (broad SMARTS) is 1. The standard InChI is InChI=1S/C26H22Cl2N2O7S/c1-4-36-25(34)21-13(2)29-26-30(22(21)15-6-5-7-16(11-15)35-3)24(33)19(38-26)10-14-8-17(27)23(18(28)9-14)37-12-20(31)32/h5-11,22H,4,12H2,1-3H3,(H,31,32)/b19-10+/t22-/m0/s1. The Morgan fingerprint density at radius 1 is 1.21 bits per heavy atom. The third-order valence-electron chi connectivity index (χ3n) is 5.58. The zero-order valence-electron chi connectivity index (χ0n) is 20.5. The second kappa shape index (κ2) is 11.4. The number of carboxylic acids is 1. The molecule has 1 atom stereocenters. The van der Waals surface area contributed by atoms with Gasteiger partial charge in [0.1, 0.15) is 5.75 Å². The third kappa shape index (κ3) is 5.47. The molecule has 0 saturated heterocycles. The summed E-state index contributed by atoms with van der Waals surface area (Å²) in [7, 11) is 1.53. The van der Waals surface area contributed by atoms with Crippen LogP contribution in [0.15, 0.2) is 57.5 Å². The summed E-state index contributed by atoms with van der Waals surface area (Å²) in [5, 5.41) is 9.03. The summed E-state index contributed by atoms with van der Waals surface area (Å²) < 4.78 is 17.6. The smallest absolute Gasteiger partial charge is 0.341 e. The SMILES string of the molecule is CCOC(=O)C1=C(C)N=c2s/c(=C/c3cc(Cl)c(OCC(=O)O)c(Cl)c3)c(=O)n2[C@H]1c1cccc(OC)c1. The van der Waals surface area contributed by atoms with E-state index in [1.54, 1.807) is 44.2 Å². The van der Waals surface area contributed by atoms with Crippen LogP contribution in [0.25, 0.3) is 6.08 Å². The second-order valence-corrected chi connectivity index (χ2v) is 9.90. The van der Waals surface area contributed by atoms with E-state index in [0.717, 1.165) is 11.3 Å². The normalized spacial score (nSPS) is 15.1. The molecule has 3 aromatic rings. The zero-order valence-corrected chi connectivity index (χ0v) is 22.8. The van der Waals surface area contributed by atoms with Gasteiger partial charge in [-0.3, -0.25) is 9.36 Å². The van der Waals surface area contributed by atoms with E-state index in [1.165, 1.54) is 23.8 Å². The number of carbonyl (C=O) groups is 2. The van der Waals surface area contributed by atoms with Gasteiger partial charge >= 0.3 is 11.9 Å². The molecule has 4 rings (SSSR count). The zero-order chi connectivity index (χ0) is 27.6. The number of carbonyl (C=O) groups excluding carboxylic acids is 1. The number of aromatic nitrogens is 1. The molecule has 0 aliphatic carbocycles. The first-order chi connectivity index (χ1) is 18.1. The lowest BCUT2D eigenvalue weighted by molar-refractivity contribution is -0.140. The fourth-order valence-corrected chi connectivity index (χ4v) is 5.66. The summed E-state index contributed by atoms with van der Waals surface area (Å²) in [6, 6.07) is 9.34. The summed E-state index contributed by atoms with van der Waals surface area (Å²) in [5.41, 5.74) is 1.46. The number of fused-ring (bicyclic) bond motifs is 1. The molecule has 9 nitrogen and oxygen atoms in total. The monoisotopic (exact) mass is 576 g/mol. The minimum atomic E-state index is -1.18. The highest BCUT2D eigenvalue weighted by atomic mass is 35.5. The third-order valence-corrected chi connectivity index (χ3v) is 7.13. The maximum Gasteiger partial charge on any atom is 0.341 e. The number of nitrogens with zero attached hydrogens (tertiary/aromatic N) is 2. The number of benzene rings is 2. The fourth-order valence-electron chi connectivity index (χ4n) is 4.00. The van der Waals surface area contributed by atoms with E-state index in [-0.39, 0.29) is 33.5 Å². The van der Waals surface area contributed by atoms with Crippen molar-refractivity contribution in [2.24, 2.45) is 4.99 Å². The number of halogens is 2. The van der Waals surface area contributed by atoms with E-state index < -0.39 is 24.6 Å². The number of aliphatic carboxylic acids is 1. The number of hydrogen-bond acceptors (Lipinski definition) is 8. The van der Waals surface area contributed by atoms with Crippen LogP contribution in [0.2, 0.25) is 10.0 Å². The Hall–Kier alpha value is -3.60. The van der Waals surface area contributed by atoms with E-state index in [4.69, 9.17) is 42.5 Å². The van der Waals surface area contributed by atoms with Crippen molar-refractivity contribution < 1.29 is 28.9 Å². The van der Waals surface area contributed by atoms with E-state index in [2.05, 4.69) is 4.99 Å². The van der Waals surface area contributed by atoms with Gasteiger partial charge < -0.3 is 19.3 Å². The van der Waals surface area contributed by atoms with Crippen molar-refractivity contribution in [1.82, 2.24) is 4.57 Å². The Balaban J connectivity index is 1.88. The number of methoxy groups -OCH3 is 1. The topological polar surface area (TPSA) is 116 Å². The summed E-state index contributed by atoms with van der Waals surface area (Å²) in [6.45, 7) is 2.96. The van der Waals surface area contributed by atoms with Crippen LogP contribution in [0.1, 0.15) is 31.0 Å². The molecule has 2 heterocycles. The molecule has 0 radical (unpaired) electrons. The van der Waals surface area contributed by atoms with Gasteiger partial charge in [0.2, 0.25) is 0 Å². The molecule has 2 aromatic carbocycles. The lowest BCUT2D eigenvalue weighted by atomic mass is 9.95. The van der Waals surface area contributed by atoms with E-state index in [0.29, 0.717) is 31.9 Å². The highest BCUT2D eigenvalue weighted by Gasteiger charge is 2.33. The highest BCUT2D eigenvalue weighted by Crippen LogP contribution is 2.35. The van der Waals surface area contributed by atoms with Crippen molar-refractivity contribution in [3.05, 3.63) is 88.5 Å². The van der Waals surface area contributed by atoms with Crippen LogP contribution in [0.4, 0.5) is 0 Å². The Labute approximate surface area is 230 Å². The molecule has 0 unspecified atom stereocenters. The van der Waals surface area contributed by atoms with Crippen LogP contribution in [0.5, 0.6) is 11.5 Å². The minimum absolute atomic E-state index is 0.0297. The van der Waals surface area contributed by atoms with Crippen molar-refractivity contribution in [3.8, 4) is 11.5 Å². The number of esters is 1. The first-order valence-electron chi connectivity index (χ1n) is 11.3. The van der Waals surface area contributed by atoms with Crippen LogP contribution < -0.4 is 24.4 Å². The van der Waals surface area contributed by atoms with Gasteiger partial charge in [0.05, 0.1) is 45.6 Å². The van der Waals surface area contributed by atoms with E-state index in [9.17, 15) is 14.4 Å². The van der Waals surface area contributed by atoms with Crippen LogP contribution >= 0.6 is 34.5 Å². The molecule has 0 amide bonds. The fraction of sp³-hybridized carbons (Fsp3) is 0.231. The minimum Gasteiger partial charge on any atom is -0.497 e.